The van der Waals surface area contributed by atoms with E-state index in [1.807, 2.05) is 24.3 Å². The molecule has 0 aromatic heterocycles. The minimum atomic E-state index is -0.855. The summed E-state index contributed by atoms with van der Waals surface area (Å²) in [6, 6.07) is 7.21. The molecule has 7 heteroatoms. The second kappa shape index (κ2) is 8.88. The van der Waals surface area contributed by atoms with E-state index in [0.717, 1.165) is 36.9 Å². The zero-order valence-electron chi connectivity index (χ0n) is 15.4. The van der Waals surface area contributed by atoms with Gasteiger partial charge in [0.25, 0.3) is 0 Å². The van der Waals surface area contributed by atoms with Crippen molar-refractivity contribution in [3.8, 4) is 0 Å². The van der Waals surface area contributed by atoms with Gasteiger partial charge in [-0.3, -0.25) is 9.59 Å². The summed E-state index contributed by atoms with van der Waals surface area (Å²) in [7, 11) is 0. The second-order valence-corrected chi connectivity index (χ2v) is 7.45. The Morgan fingerprint density at radius 2 is 1.85 bits per heavy atom. The number of aliphatic carboxylic acids is 1. The number of nitrogens with zero attached hydrogens (tertiary/aromatic N) is 1. The predicted molar refractivity (Wildman–Crippen MR) is 101 cm³/mol. The van der Waals surface area contributed by atoms with Gasteiger partial charge in [0, 0.05) is 31.2 Å². The molecule has 1 saturated heterocycles. The molecular weight excluding hydrogens is 346 g/mol. The molecule has 0 spiro atoms. The van der Waals surface area contributed by atoms with E-state index in [4.69, 9.17) is 5.11 Å². The Hall–Kier alpha value is -2.57. The van der Waals surface area contributed by atoms with Crippen LogP contribution < -0.4 is 10.6 Å². The number of amides is 3. The van der Waals surface area contributed by atoms with Crippen molar-refractivity contribution < 1.29 is 19.5 Å². The summed E-state index contributed by atoms with van der Waals surface area (Å²) >= 11 is 0. The number of benzene rings is 1. The predicted octanol–water partition coefficient (Wildman–Crippen LogP) is 2.82. The Bertz CT molecular complexity index is 700. The maximum absolute atomic E-state index is 12.4. The maximum Gasteiger partial charge on any atom is 0.317 e. The van der Waals surface area contributed by atoms with Crippen LogP contribution in [0.4, 0.5) is 10.5 Å². The number of carbonyl (C=O) groups excluding carboxylic acids is 2. The van der Waals surface area contributed by atoms with Gasteiger partial charge in [-0.15, -0.1) is 0 Å². The number of likely N-dealkylation sites (tertiary alicyclic amines) is 1. The first-order chi connectivity index (χ1) is 13.0. The minimum absolute atomic E-state index is 0.0765. The molecule has 1 atom stereocenters. The molecule has 1 aliphatic heterocycles. The quantitative estimate of drug-likeness (QED) is 0.739. The van der Waals surface area contributed by atoms with E-state index >= 15 is 0 Å². The fourth-order valence-corrected chi connectivity index (χ4v) is 3.80. The van der Waals surface area contributed by atoms with Crippen LogP contribution in [0.1, 0.15) is 44.1 Å². The third-order valence-electron chi connectivity index (χ3n) is 5.44. The maximum atomic E-state index is 12.4. The van der Waals surface area contributed by atoms with Crippen molar-refractivity contribution in [3.63, 3.8) is 0 Å². The minimum Gasteiger partial charge on any atom is -0.481 e. The summed E-state index contributed by atoms with van der Waals surface area (Å²) in [5, 5.41) is 14.8. The van der Waals surface area contributed by atoms with Crippen molar-refractivity contribution in [2.24, 2.45) is 11.8 Å². The summed E-state index contributed by atoms with van der Waals surface area (Å²) in [5.74, 6) is -1.16. The molecule has 0 bridgehead atoms. The highest BCUT2D eigenvalue weighted by Gasteiger charge is 2.30. The van der Waals surface area contributed by atoms with Gasteiger partial charge in [0.05, 0.1) is 5.92 Å². The summed E-state index contributed by atoms with van der Waals surface area (Å²) in [6.45, 7) is 1.04. The number of carboxylic acids is 1. The molecule has 1 aromatic rings. The van der Waals surface area contributed by atoms with Gasteiger partial charge in [0.1, 0.15) is 0 Å². The van der Waals surface area contributed by atoms with Crippen LogP contribution in [0.3, 0.4) is 0 Å². The monoisotopic (exact) mass is 373 g/mol. The molecule has 1 heterocycles. The number of hydrogen-bond donors (Lipinski definition) is 3. The fourth-order valence-electron chi connectivity index (χ4n) is 3.80. The Kier molecular flexibility index (Phi) is 6.32. The molecule has 2 aliphatic rings. The standard InChI is InChI=1S/C20H27N3O4/c24-18(15-6-2-1-3-7-15)22-17-8-4-5-14(11-17)12-21-20(27)23-10-9-16(13-23)19(25)26/h4-5,8,11,15-16H,1-3,6-7,9-10,12-13H2,(H,21,27)(H,22,24)(H,25,26). The van der Waals surface area contributed by atoms with Crippen molar-refractivity contribution in [3.05, 3.63) is 29.8 Å². The Labute approximate surface area is 159 Å². The first-order valence-electron chi connectivity index (χ1n) is 9.68. The van der Waals surface area contributed by atoms with Gasteiger partial charge >= 0.3 is 12.0 Å². The lowest BCUT2D eigenvalue weighted by Gasteiger charge is -2.21. The molecule has 1 aromatic carbocycles. The third kappa shape index (κ3) is 5.21. The molecular formula is C20H27N3O4. The van der Waals surface area contributed by atoms with E-state index in [1.165, 1.54) is 11.3 Å². The molecule has 2 fully saturated rings. The van der Waals surface area contributed by atoms with Gasteiger partial charge in [0.2, 0.25) is 5.91 Å². The lowest BCUT2D eigenvalue weighted by atomic mass is 9.88. The van der Waals surface area contributed by atoms with E-state index < -0.39 is 11.9 Å². The number of hydrogen-bond acceptors (Lipinski definition) is 3. The molecule has 1 aliphatic carbocycles. The van der Waals surface area contributed by atoms with Crippen LogP contribution >= 0.6 is 0 Å². The lowest BCUT2D eigenvalue weighted by molar-refractivity contribution is -0.141. The molecule has 146 valence electrons. The molecule has 3 rings (SSSR count). The Balaban J connectivity index is 1.49. The molecule has 27 heavy (non-hydrogen) atoms. The molecule has 3 amide bonds. The first-order valence-corrected chi connectivity index (χ1v) is 9.68. The van der Waals surface area contributed by atoms with E-state index in [9.17, 15) is 14.4 Å². The van der Waals surface area contributed by atoms with Crippen LogP contribution in [0.5, 0.6) is 0 Å². The molecule has 3 N–H and O–H groups in total. The average Bonchev–Trinajstić information content (AvgIpc) is 3.18. The summed E-state index contributed by atoms with van der Waals surface area (Å²) < 4.78 is 0. The molecule has 0 radical (unpaired) electrons. The van der Waals surface area contributed by atoms with E-state index in [-0.39, 0.29) is 24.4 Å². The van der Waals surface area contributed by atoms with Crippen molar-refractivity contribution in [1.82, 2.24) is 10.2 Å². The highest BCUT2D eigenvalue weighted by Crippen LogP contribution is 2.25. The van der Waals surface area contributed by atoms with Crippen molar-refractivity contribution in [1.29, 1.82) is 0 Å². The number of urea groups is 1. The normalized spacial score (nSPS) is 20.3. The zero-order chi connectivity index (χ0) is 19.2. The number of rotatable bonds is 5. The molecule has 1 saturated carbocycles. The summed E-state index contributed by atoms with van der Waals surface area (Å²) in [6.07, 6.45) is 5.84. The number of carboxylic acid groups (broad SMARTS) is 1. The first kappa shape index (κ1) is 19.2. The van der Waals surface area contributed by atoms with Crippen LogP contribution in [0.2, 0.25) is 0 Å². The van der Waals surface area contributed by atoms with E-state index in [2.05, 4.69) is 10.6 Å². The third-order valence-corrected chi connectivity index (χ3v) is 5.44. The highest BCUT2D eigenvalue weighted by atomic mass is 16.4. The van der Waals surface area contributed by atoms with Gasteiger partial charge < -0.3 is 20.6 Å². The summed E-state index contributed by atoms with van der Waals surface area (Å²) in [4.78, 5) is 37.1. The Morgan fingerprint density at radius 1 is 1.07 bits per heavy atom. The SMILES string of the molecule is O=C(O)C1CCN(C(=O)NCc2cccc(NC(=O)C3CCCCC3)c2)C1. The van der Waals surface area contributed by atoms with Crippen molar-refractivity contribution in [2.75, 3.05) is 18.4 Å². The average molecular weight is 373 g/mol. The van der Waals surface area contributed by atoms with Gasteiger partial charge in [-0.1, -0.05) is 31.4 Å². The summed E-state index contributed by atoms with van der Waals surface area (Å²) in [5.41, 5.74) is 1.63. The zero-order valence-corrected chi connectivity index (χ0v) is 15.4. The van der Waals surface area contributed by atoms with Gasteiger partial charge in [-0.25, -0.2) is 4.79 Å². The smallest absolute Gasteiger partial charge is 0.317 e. The van der Waals surface area contributed by atoms with E-state index in [0.29, 0.717) is 19.5 Å². The van der Waals surface area contributed by atoms with Crippen LogP contribution in [0.15, 0.2) is 24.3 Å². The molecule has 1 unspecified atom stereocenters. The van der Waals surface area contributed by atoms with Crippen molar-refractivity contribution in [2.45, 2.75) is 45.1 Å². The van der Waals surface area contributed by atoms with Gasteiger partial charge in [-0.05, 0) is 37.0 Å². The van der Waals surface area contributed by atoms with Crippen LogP contribution in [-0.4, -0.2) is 41.0 Å². The number of nitrogens with one attached hydrogen (secondary N) is 2. The number of anilines is 1. The topological polar surface area (TPSA) is 98.7 Å². The van der Waals surface area contributed by atoms with Crippen LogP contribution in [0.25, 0.3) is 0 Å². The second-order valence-electron chi connectivity index (χ2n) is 7.45. The fraction of sp³-hybridized carbons (Fsp3) is 0.550. The van der Waals surface area contributed by atoms with Crippen LogP contribution in [0, 0.1) is 11.8 Å². The van der Waals surface area contributed by atoms with E-state index in [1.54, 1.807) is 0 Å². The van der Waals surface area contributed by atoms with Crippen LogP contribution in [-0.2, 0) is 16.1 Å². The van der Waals surface area contributed by atoms with Crippen molar-refractivity contribution >= 4 is 23.6 Å². The number of carbonyl (C=O) groups is 3. The largest absolute Gasteiger partial charge is 0.481 e. The van der Waals surface area contributed by atoms with Gasteiger partial charge in [-0.2, -0.15) is 0 Å². The highest BCUT2D eigenvalue weighted by molar-refractivity contribution is 5.92. The molecule has 7 nitrogen and oxygen atoms in total. The lowest BCUT2D eigenvalue weighted by Crippen LogP contribution is -2.38. The Morgan fingerprint density at radius 3 is 2.56 bits per heavy atom. The van der Waals surface area contributed by atoms with Gasteiger partial charge in [0.15, 0.2) is 0 Å².